The van der Waals surface area contributed by atoms with Crippen LogP contribution in [0.3, 0.4) is 0 Å². The van der Waals surface area contributed by atoms with Gasteiger partial charge in [0, 0.05) is 20.0 Å². The average molecular weight is 479 g/mol. The summed E-state index contributed by atoms with van der Waals surface area (Å²) in [6.07, 6.45) is 5.41. The van der Waals surface area contributed by atoms with Gasteiger partial charge in [0.05, 0.1) is 0 Å². The number of aromatic nitrogens is 1. The Balaban J connectivity index is 1.53. The molecule has 1 aromatic carbocycles. The van der Waals surface area contributed by atoms with E-state index in [0.29, 0.717) is 18.0 Å². The molecular formula is C27H34N4O4. The molecule has 1 saturated heterocycles. The van der Waals surface area contributed by atoms with Crippen LogP contribution in [0.1, 0.15) is 67.8 Å². The Bertz CT molecular complexity index is 1110. The number of likely N-dealkylation sites (N-methyl/N-ethyl adjacent to an activating group) is 1. The smallest absolute Gasteiger partial charge is 0.251 e. The first kappa shape index (κ1) is 23.6. The van der Waals surface area contributed by atoms with Crippen molar-refractivity contribution in [3.05, 3.63) is 53.2 Å². The minimum atomic E-state index is -1.00. The van der Waals surface area contributed by atoms with E-state index in [1.807, 2.05) is 26.0 Å². The van der Waals surface area contributed by atoms with Gasteiger partial charge in [-0.1, -0.05) is 38.1 Å². The molecule has 5 rings (SSSR count). The Hall–Kier alpha value is -3.16. The summed E-state index contributed by atoms with van der Waals surface area (Å²) in [6.45, 7) is 4.03. The molecule has 0 radical (unpaired) electrons. The third kappa shape index (κ3) is 4.46. The highest BCUT2D eigenvalue weighted by Crippen LogP contribution is 2.41. The number of hydrogen-bond donors (Lipinski definition) is 1. The number of carbonyl (C=O) groups excluding carboxylic acids is 3. The number of hydrogen-bond acceptors (Lipinski definition) is 5. The molecule has 1 saturated carbocycles. The normalized spacial score (nSPS) is 23.4. The number of benzene rings is 1. The van der Waals surface area contributed by atoms with Crippen molar-refractivity contribution in [2.45, 2.75) is 70.0 Å². The lowest BCUT2D eigenvalue weighted by Crippen LogP contribution is -2.67. The molecule has 2 aliphatic carbocycles. The summed E-state index contributed by atoms with van der Waals surface area (Å²) in [6, 6.07) is 5.72. The molecule has 186 valence electrons. The summed E-state index contributed by atoms with van der Waals surface area (Å²) >= 11 is 0. The van der Waals surface area contributed by atoms with Gasteiger partial charge in [-0.2, -0.15) is 0 Å². The maximum absolute atomic E-state index is 14.2. The predicted octanol–water partition coefficient (Wildman–Crippen LogP) is 2.84. The van der Waals surface area contributed by atoms with Crippen LogP contribution in [0.15, 0.2) is 34.9 Å². The molecule has 2 heterocycles. The van der Waals surface area contributed by atoms with Crippen molar-refractivity contribution in [3.8, 4) is 0 Å². The van der Waals surface area contributed by atoms with Crippen molar-refractivity contribution in [2.75, 3.05) is 14.1 Å². The van der Waals surface area contributed by atoms with E-state index < -0.39 is 18.1 Å². The highest BCUT2D eigenvalue weighted by atomic mass is 16.3. The summed E-state index contributed by atoms with van der Waals surface area (Å²) in [5, 5.41) is 3.04. The molecule has 1 N–H and O–H groups in total. The van der Waals surface area contributed by atoms with E-state index in [9.17, 15) is 14.4 Å². The van der Waals surface area contributed by atoms with Crippen molar-refractivity contribution in [2.24, 2.45) is 11.8 Å². The van der Waals surface area contributed by atoms with E-state index >= 15 is 0 Å². The second kappa shape index (κ2) is 9.13. The number of carbonyl (C=O) groups is 3. The van der Waals surface area contributed by atoms with Crippen LogP contribution in [0.4, 0.5) is 0 Å². The molecule has 3 atom stereocenters. The third-order valence-corrected chi connectivity index (χ3v) is 7.40. The maximum atomic E-state index is 14.2. The van der Waals surface area contributed by atoms with Gasteiger partial charge >= 0.3 is 0 Å². The number of fused-ring (bicyclic) bond motifs is 1. The molecule has 2 fully saturated rings. The molecule has 2 aromatic rings. The first-order valence-electron chi connectivity index (χ1n) is 12.6. The van der Waals surface area contributed by atoms with E-state index in [1.165, 1.54) is 27.2 Å². The van der Waals surface area contributed by atoms with Crippen molar-refractivity contribution in [3.63, 3.8) is 0 Å². The van der Waals surface area contributed by atoms with E-state index in [2.05, 4.69) is 22.4 Å². The molecule has 0 bridgehead atoms. The fraction of sp³-hybridized carbons (Fsp3) is 0.556. The molecule has 1 aromatic heterocycles. The average Bonchev–Trinajstić information content (AvgIpc) is 3.39. The van der Waals surface area contributed by atoms with Crippen molar-refractivity contribution >= 4 is 17.7 Å². The lowest BCUT2D eigenvalue weighted by atomic mass is 9.88. The van der Waals surface area contributed by atoms with Gasteiger partial charge in [-0.15, -0.1) is 0 Å². The standard InChI is InChI=1S/C27H34N4O4/c1-15(2)11-21-24(32)29-22(19-12-17-7-5-6-8-18(17)13-19)26(33)31(21)23(27(34)30(3)4)20-14-35-25(28-20)16-9-10-16/h5-8,14-16,19,21-23H,9-13H2,1-4H3,(H,29,32)/t21-,22-,23-/m1/s1. The molecule has 0 unspecified atom stereocenters. The lowest BCUT2D eigenvalue weighted by molar-refractivity contribution is -0.159. The minimum absolute atomic E-state index is 0.0548. The quantitative estimate of drug-likeness (QED) is 0.660. The third-order valence-electron chi connectivity index (χ3n) is 7.40. The first-order chi connectivity index (χ1) is 16.7. The zero-order chi connectivity index (χ0) is 24.9. The van der Waals surface area contributed by atoms with E-state index in [4.69, 9.17) is 4.42 Å². The second-order valence-electron chi connectivity index (χ2n) is 10.8. The predicted molar refractivity (Wildman–Crippen MR) is 129 cm³/mol. The van der Waals surface area contributed by atoms with Crippen LogP contribution < -0.4 is 5.32 Å². The van der Waals surface area contributed by atoms with Crippen LogP contribution in [0.5, 0.6) is 0 Å². The second-order valence-corrected chi connectivity index (χ2v) is 10.8. The molecule has 3 aliphatic rings. The van der Waals surface area contributed by atoms with Crippen molar-refractivity contribution in [1.29, 1.82) is 0 Å². The van der Waals surface area contributed by atoms with Gasteiger partial charge in [-0.05, 0) is 55.1 Å². The number of amides is 3. The molecule has 1 aliphatic heterocycles. The molecule has 0 spiro atoms. The van der Waals surface area contributed by atoms with E-state index in [1.54, 1.807) is 14.1 Å². The number of piperazine rings is 1. The Morgan fingerprint density at radius 2 is 1.83 bits per heavy atom. The fourth-order valence-corrected chi connectivity index (χ4v) is 5.45. The topological polar surface area (TPSA) is 95.8 Å². The van der Waals surface area contributed by atoms with E-state index in [-0.39, 0.29) is 35.5 Å². The van der Waals surface area contributed by atoms with Gasteiger partial charge < -0.3 is 19.5 Å². The van der Waals surface area contributed by atoms with Gasteiger partial charge in [0.1, 0.15) is 24.0 Å². The first-order valence-corrected chi connectivity index (χ1v) is 12.6. The number of oxazole rings is 1. The summed E-state index contributed by atoms with van der Waals surface area (Å²) < 4.78 is 5.72. The van der Waals surface area contributed by atoms with Crippen LogP contribution in [0.2, 0.25) is 0 Å². The zero-order valence-electron chi connectivity index (χ0n) is 20.9. The van der Waals surface area contributed by atoms with Crippen LogP contribution in [0, 0.1) is 11.8 Å². The van der Waals surface area contributed by atoms with Crippen LogP contribution in [-0.4, -0.2) is 58.7 Å². The highest BCUT2D eigenvalue weighted by Gasteiger charge is 2.50. The molecule has 35 heavy (non-hydrogen) atoms. The monoisotopic (exact) mass is 478 g/mol. The summed E-state index contributed by atoms with van der Waals surface area (Å²) in [7, 11) is 3.32. The highest BCUT2D eigenvalue weighted by molar-refractivity contribution is 6.00. The van der Waals surface area contributed by atoms with E-state index in [0.717, 1.165) is 25.7 Å². The molecule has 8 nitrogen and oxygen atoms in total. The minimum Gasteiger partial charge on any atom is -0.448 e. The maximum Gasteiger partial charge on any atom is 0.251 e. The van der Waals surface area contributed by atoms with Crippen LogP contribution >= 0.6 is 0 Å². The number of nitrogens with one attached hydrogen (secondary N) is 1. The largest absolute Gasteiger partial charge is 0.448 e. The van der Waals surface area contributed by atoms with Gasteiger partial charge in [-0.3, -0.25) is 14.4 Å². The molecular weight excluding hydrogens is 444 g/mol. The van der Waals surface area contributed by atoms with Gasteiger partial charge in [0.25, 0.3) is 5.91 Å². The zero-order valence-corrected chi connectivity index (χ0v) is 20.9. The van der Waals surface area contributed by atoms with Crippen LogP contribution in [-0.2, 0) is 27.2 Å². The Kier molecular flexibility index (Phi) is 6.15. The molecule has 3 amide bonds. The SMILES string of the molecule is CC(C)C[C@@H]1C(=O)N[C@H](C2Cc3ccccc3C2)C(=O)N1[C@@H](C(=O)N(C)C)c1coc(C2CC2)n1. The lowest BCUT2D eigenvalue weighted by Gasteiger charge is -2.44. The summed E-state index contributed by atoms with van der Waals surface area (Å²) in [4.78, 5) is 48.8. The van der Waals surface area contributed by atoms with Gasteiger partial charge in [0.15, 0.2) is 11.9 Å². The fourth-order valence-electron chi connectivity index (χ4n) is 5.45. The van der Waals surface area contributed by atoms with Crippen molar-refractivity contribution in [1.82, 2.24) is 20.1 Å². The number of rotatable bonds is 7. The Labute approximate surface area is 206 Å². The summed E-state index contributed by atoms with van der Waals surface area (Å²) in [5.41, 5.74) is 2.82. The van der Waals surface area contributed by atoms with Crippen molar-refractivity contribution < 1.29 is 18.8 Å². The van der Waals surface area contributed by atoms with Gasteiger partial charge in [-0.25, -0.2) is 4.98 Å². The molecule has 8 heteroatoms. The summed E-state index contributed by atoms with van der Waals surface area (Å²) in [5.74, 6) is 0.268. The Morgan fingerprint density at radius 1 is 1.17 bits per heavy atom. The van der Waals surface area contributed by atoms with Gasteiger partial charge in [0.2, 0.25) is 11.8 Å². The van der Waals surface area contributed by atoms with Crippen LogP contribution in [0.25, 0.3) is 0 Å². The Morgan fingerprint density at radius 3 is 2.40 bits per heavy atom. The number of nitrogens with zero attached hydrogens (tertiary/aromatic N) is 3.